The highest BCUT2D eigenvalue weighted by molar-refractivity contribution is 5.29. The Hall–Kier alpha value is -2.04. The Bertz CT molecular complexity index is 540. The van der Waals surface area contributed by atoms with Crippen LogP contribution < -0.4 is 10.1 Å². The van der Waals surface area contributed by atoms with Crippen LogP contribution in [0.1, 0.15) is 17.2 Å². The second-order valence-electron chi connectivity index (χ2n) is 4.59. The van der Waals surface area contributed by atoms with Gasteiger partial charge < -0.3 is 20.3 Å². The molecule has 0 aliphatic carbocycles. The molecule has 0 aliphatic rings. The summed E-state index contributed by atoms with van der Waals surface area (Å²) >= 11 is 0. The molecule has 4 nitrogen and oxygen atoms in total. The van der Waals surface area contributed by atoms with Gasteiger partial charge in [0.1, 0.15) is 11.5 Å². The van der Waals surface area contributed by atoms with Crippen molar-refractivity contribution in [2.24, 2.45) is 0 Å². The highest BCUT2D eigenvalue weighted by Gasteiger charge is 2.07. The van der Waals surface area contributed by atoms with E-state index in [-0.39, 0.29) is 5.75 Å². The molecule has 0 heterocycles. The maximum Gasteiger partial charge on any atom is 0.118 e. The monoisotopic (exact) mass is 273 g/mol. The third-order valence-corrected chi connectivity index (χ3v) is 3.08. The van der Waals surface area contributed by atoms with Gasteiger partial charge >= 0.3 is 0 Å². The Kier molecular flexibility index (Phi) is 4.98. The van der Waals surface area contributed by atoms with Gasteiger partial charge in [-0.1, -0.05) is 24.3 Å². The molecule has 1 atom stereocenters. The molecule has 0 saturated carbocycles. The first-order valence-corrected chi connectivity index (χ1v) is 6.49. The van der Waals surface area contributed by atoms with Crippen LogP contribution >= 0.6 is 0 Å². The van der Waals surface area contributed by atoms with Crippen LogP contribution in [0, 0.1) is 0 Å². The number of aliphatic hydroxyl groups excluding tert-OH is 1. The van der Waals surface area contributed by atoms with Crippen molar-refractivity contribution in [2.75, 3.05) is 13.7 Å². The highest BCUT2D eigenvalue weighted by Crippen LogP contribution is 2.17. The van der Waals surface area contributed by atoms with Crippen molar-refractivity contribution in [3.8, 4) is 11.5 Å². The SMILES string of the molecule is COc1ccc(C(O)CNCc2cccc(O)c2)cc1. The molecule has 0 radical (unpaired) electrons. The zero-order chi connectivity index (χ0) is 14.4. The first-order chi connectivity index (χ1) is 9.69. The summed E-state index contributed by atoms with van der Waals surface area (Å²) in [6.07, 6.45) is -0.571. The summed E-state index contributed by atoms with van der Waals surface area (Å²) in [7, 11) is 1.61. The van der Waals surface area contributed by atoms with E-state index in [2.05, 4.69) is 5.32 Å². The standard InChI is InChI=1S/C16H19NO3/c1-20-15-7-5-13(6-8-15)16(19)11-17-10-12-3-2-4-14(18)9-12/h2-9,16-19H,10-11H2,1H3. The number of ether oxygens (including phenoxy) is 1. The van der Waals surface area contributed by atoms with Gasteiger partial charge in [0.2, 0.25) is 0 Å². The van der Waals surface area contributed by atoms with Gasteiger partial charge in [-0.25, -0.2) is 0 Å². The summed E-state index contributed by atoms with van der Waals surface area (Å²) in [5, 5.41) is 22.6. The minimum Gasteiger partial charge on any atom is -0.508 e. The van der Waals surface area contributed by atoms with E-state index in [0.717, 1.165) is 16.9 Å². The van der Waals surface area contributed by atoms with Gasteiger partial charge in [0.05, 0.1) is 13.2 Å². The molecule has 0 spiro atoms. The lowest BCUT2D eigenvalue weighted by molar-refractivity contribution is 0.174. The second-order valence-corrected chi connectivity index (χ2v) is 4.59. The van der Waals surface area contributed by atoms with E-state index in [0.29, 0.717) is 13.1 Å². The summed E-state index contributed by atoms with van der Waals surface area (Å²) in [6, 6.07) is 14.4. The fourth-order valence-corrected chi connectivity index (χ4v) is 1.96. The van der Waals surface area contributed by atoms with Gasteiger partial charge in [0, 0.05) is 13.1 Å². The summed E-state index contributed by atoms with van der Waals surface area (Å²) in [5.41, 5.74) is 1.82. The van der Waals surface area contributed by atoms with Crippen LogP contribution in [0.2, 0.25) is 0 Å². The molecule has 0 amide bonds. The van der Waals surface area contributed by atoms with Gasteiger partial charge in [0.25, 0.3) is 0 Å². The predicted octanol–water partition coefficient (Wildman–Crippen LogP) is 2.22. The lowest BCUT2D eigenvalue weighted by Gasteiger charge is -2.13. The molecule has 2 aromatic carbocycles. The molecule has 2 rings (SSSR count). The summed E-state index contributed by atoms with van der Waals surface area (Å²) in [5.74, 6) is 1.02. The number of phenolic OH excluding ortho intramolecular Hbond substituents is 1. The molecule has 0 aliphatic heterocycles. The Balaban J connectivity index is 1.83. The van der Waals surface area contributed by atoms with E-state index < -0.39 is 6.10 Å². The van der Waals surface area contributed by atoms with E-state index in [1.54, 1.807) is 25.3 Å². The number of aliphatic hydroxyl groups is 1. The Labute approximate surface area is 118 Å². The molecule has 0 saturated heterocycles. The zero-order valence-electron chi connectivity index (χ0n) is 11.4. The Morgan fingerprint density at radius 2 is 1.90 bits per heavy atom. The van der Waals surface area contributed by atoms with Crippen LogP contribution in [0.25, 0.3) is 0 Å². The molecule has 2 aromatic rings. The number of hydrogen-bond donors (Lipinski definition) is 3. The molecule has 4 heteroatoms. The lowest BCUT2D eigenvalue weighted by atomic mass is 10.1. The van der Waals surface area contributed by atoms with Gasteiger partial charge in [-0.3, -0.25) is 0 Å². The largest absolute Gasteiger partial charge is 0.508 e. The Morgan fingerprint density at radius 1 is 1.15 bits per heavy atom. The quantitative estimate of drug-likeness (QED) is 0.755. The third-order valence-electron chi connectivity index (χ3n) is 3.08. The molecular formula is C16H19NO3. The Morgan fingerprint density at radius 3 is 2.55 bits per heavy atom. The van der Waals surface area contributed by atoms with E-state index >= 15 is 0 Å². The third kappa shape index (κ3) is 3.98. The summed E-state index contributed by atoms with van der Waals surface area (Å²) in [4.78, 5) is 0. The van der Waals surface area contributed by atoms with Crippen LogP contribution in [0.3, 0.4) is 0 Å². The minimum atomic E-state index is -0.571. The molecule has 0 fully saturated rings. The number of methoxy groups -OCH3 is 1. The lowest BCUT2D eigenvalue weighted by Crippen LogP contribution is -2.21. The van der Waals surface area contributed by atoms with Gasteiger partial charge in [-0.15, -0.1) is 0 Å². The van der Waals surface area contributed by atoms with Crippen LogP contribution in [-0.4, -0.2) is 23.9 Å². The van der Waals surface area contributed by atoms with Crippen molar-refractivity contribution >= 4 is 0 Å². The highest BCUT2D eigenvalue weighted by atomic mass is 16.5. The van der Waals surface area contributed by atoms with Gasteiger partial charge in [0.15, 0.2) is 0 Å². The molecule has 1 unspecified atom stereocenters. The topological polar surface area (TPSA) is 61.7 Å². The number of nitrogens with one attached hydrogen (secondary N) is 1. The van der Waals surface area contributed by atoms with E-state index in [1.165, 1.54) is 0 Å². The number of rotatable bonds is 6. The number of phenols is 1. The van der Waals surface area contributed by atoms with Crippen molar-refractivity contribution in [2.45, 2.75) is 12.6 Å². The van der Waals surface area contributed by atoms with E-state index in [1.807, 2.05) is 30.3 Å². The molecule has 106 valence electrons. The zero-order valence-corrected chi connectivity index (χ0v) is 11.4. The first-order valence-electron chi connectivity index (χ1n) is 6.49. The maximum absolute atomic E-state index is 10.1. The fourth-order valence-electron chi connectivity index (χ4n) is 1.96. The van der Waals surface area contributed by atoms with E-state index in [9.17, 15) is 10.2 Å². The molecule has 20 heavy (non-hydrogen) atoms. The summed E-state index contributed by atoms with van der Waals surface area (Å²) < 4.78 is 5.08. The van der Waals surface area contributed by atoms with Crippen molar-refractivity contribution in [1.82, 2.24) is 5.32 Å². The molecule has 0 aromatic heterocycles. The maximum atomic E-state index is 10.1. The average molecular weight is 273 g/mol. The normalized spacial score (nSPS) is 12.1. The predicted molar refractivity (Wildman–Crippen MR) is 77.8 cm³/mol. The van der Waals surface area contributed by atoms with Crippen molar-refractivity contribution in [1.29, 1.82) is 0 Å². The number of hydrogen-bond acceptors (Lipinski definition) is 4. The molecule has 0 bridgehead atoms. The van der Waals surface area contributed by atoms with Crippen LogP contribution in [0.5, 0.6) is 11.5 Å². The summed E-state index contributed by atoms with van der Waals surface area (Å²) in [6.45, 7) is 1.05. The van der Waals surface area contributed by atoms with Crippen LogP contribution in [-0.2, 0) is 6.54 Å². The minimum absolute atomic E-state index is 0.250. The van der Waals surface area contributed by atoms with Crippen LogP contribution in [0.4, 0.5) is 0 Å². The second kappa shape index (κ2) is 6.93. The smallest absolute Gasteiger partial charge is 0.118 e. The van der Waals surface area contributed by atoms with Crippen LogP contribution in [0.15, 0.2) is 48.5 Å². The van der Waals surface area contributed by atoms with Crippen molar-refractivity contribution < 1.29 is 14.9 Å². The number of benzene rings is 2. The fraction of sp³-hybridized carbons (Fsp3) is 0.250. The van der Waals surface area contributed by atoms with Crippen molar-refractivity contribution in [3.63, 3.8) is 0 Å². The average Bonchev–Trinajstić information content (AvgIpc) is 2.47. The first kappa shape index (κ1) is 14.4. The molecule has 3 N–H and O–H groups in total. The number of aromatic hydroxyl groups is 1. The van der Waals surface area contributed by atoms with E-state index in [4.69, 9.17) is 4.74 Å². The molecular weight excluding hydrogens is 254 g/mol. The van der Waals surface area contributed by atoms with Gasteiger partial charge in [-0.2, -0.15) is 0 Å². The van der Waals surface area contributed by atoms with Crippen molar-refractivity contribution in [3.05, 3.63) is 59.7 Å². The van der Waals surface area contributed by atoms with Gasteiger partial charge in [-0.05, 0) is 35.4 Å².